The van der Waals surface area contributed by atoms with Crippen molar-refractivity contribution in [3.8, 4) is 0 Å². The third-order valence-electron chi connectivity index (χ3n) is 5.56. The minimum Gasteiger partial charge on any atom is -0.331 e. The Balaban J connectivity index is 1.92. The van der Waals surface area contributed by atoms with Gasteiger partial charge in [0.15, 0.2) is 0 Å². The fraction of sp³-hybridized carbons (Fsp3) is 0.833. The first-order valence-corrected chi connectivity index (χ1v) is 8.91. The fourth-order valence-corrected chi connectivity index (χ4v) is 4.22. The highest BCUT2D eigenvalue weighted by molar-refractivity contribution is 5.21. The predicted octanol–water partition coefficient (Wildman–Crippen LogP) is 3.70. The van der Waals surface area contributed by atoms with Gasteiger partial charge in [0.25, 0.3) is 0 Å². The molecule has 0 radical (unpaired) electrons. The van der Waals surface area contributed by atoms with Crippen molar-refractivity contribution < 1.29 is 0 Å². The molecule has 0 unspecified atom stereocenters. The summed E-state index contributed by atoms with van der Waals surface area (Å²) >= 11 is 0. The maximum Gasteiger partial charge on any atom is 0.109 e. The quantitative estimate of drug-likeness (QED) is 0.896. The summed E-state index contributed by atoms with van der Waals surface area (Å²) in [5.74, 6) is 2.03. The van der Waals surface area contributed by atoms with E-state index in [1.54, 1.807) is 0 Å². The third-order valence-corrected chi connectivity index (χ3v) is 5.56. The van der Waals surface area contributed by atoms with Gasteiger partial charge < -0.3 is 9.88 Å². The van der Waals surface area contributed by atoms with Gasteiger partial charge in [0.05, 0.1) is 5.69 Å². The van der Waals surface area contributed by atoms with Gasteiger partial charge in [0.1, 0.15) is 5.82 Å². The standard InChI is InChI=1S/C18H31N3/c1-4-18(8-5-6-9-18)13-21-16-7-10-19-12-15(16)20-17(21)11-14(2)3/h14,19H,4-13H2,1-3H3. The van der Waals surface area contributed by atoms with Gasteiger partial charge in [0, 0.05) is 38.2 Å². The van der Waals surface area contributed by atoms with E-state index in [0.717, 1.165) is 25.9 Å². The average molecular weight is 289 g/mol. The number of aromatic nitrogens is 2. The van der Waals surface area contributed by atoms with Gasteiger partial charge in [-0.15, -0.1) is 0 Å². The number of nitrogens with one attached hydrogen (secondary N) is 1. The van der Waals surface area contributed by atoms with Gasteiger partial charge in [-0.3, -0.25) is 0 Å². The zero-order valence-corrected chi connectivity index (χ0v) is 14.0. The first kappa shape index (κ1) is 15.1. The molecule has 0 aromatic carbocycles. The summed E-state index contributed by atoms with van der Waals surface area (Å²) < 4.78 is 2.63. The van der Waals surface area contributed by atoms with Crippen LogP contribution in [-0.4, -0.2) is 16.1 Å². The molecule has 118 valence electrons. The van der Waals surface area contributed by atoms with E-state index in [1.165, 1.54) is 55.9 Å². The summed E-state index contributed by atoms with van der Waals surface area (Å²) in [5, 5.41) is 3.48. The Morgan fingerprint density at radius 1 is 1.29 bits per heavy atom. The van der Waals surface area contributed by atoms with Crippen molar-refractivity contribution in [2.45, 2.75) is 78.8 Å². The molecule has 21 heavy (non-hydrogen) atoms. The van der Waals surface area contributed by atoms with Crippen LogP contribution in [0, 0.1) is 11.3 Å². The second kappa shape index (κ2) is 6.12. The molecule has 0 spiro atoms. The molecular weight excluding hydrogens is 258 g/mol. The van der Waals surface area contributed by atoms with Crippen molar-refractivity contribution in [2.75, 3.05) is 6.54 Å². The van der Waals surface area contributed by atoms with E-state index in [2.05, 4.69) is 30.7 Å². The molecule has 2 heterocycles. The molecule has 3 rings (SSSR count). The molecule has 0 saturated heterocycles. The fourth-order valence-electron chi connectivity index (χ4n) is 4.22. The first-order valence-electron chi connectivity index (χ1n) is 8.91. The van der Waals surface area contributed by atoms with Crippen LogP contribution < -0.4 is 5.32 Å². The summed E-state index contributed by atoms with van der Waals surface area (Å²) in [6.45, 7) is 10.3. The second-order valence-corrected chi connectivity index (χ2v) is 7.59. The van der Waals surface area contributed by atoms with Crippen LogP contribution in [0.15, 0.2) is 0 Å². The Kier molecular flexibility index (Phi) is 4.39. The number of hydrogen-bond donors (Lipinski definition) is 1. The molecule has 1 aromatic rings. The van der Waals surface area contributed by atoms with Gasteiger partial charge >= 0.3 is 0 Å². The highest BCUT2D eigenvalue weighted by Gasteiger charge is 2.34. The van der Waals surface area contributed by atoms with Crippen molar-refractivity contribution in [1.29, 1.82) is 0 Å². The minimum absolute atomic E-state index is 0.547. The molecule has 1 aromatic heterocycles. The summed E-state index contributed by atoms with van der Waals surface area (Å²) in [4.78, 5) is 5.00. The second-order valence-electron chi connectivity index (χ2n) is 7.59. The van der Waals surface area contributed by atoms with Crippen LogP contribution in [0.1, 0.15) is 70.1 Å². The van der Waals surface area contributed by atoms with Crippen molar-refractivity contribution in [2.24, 2.45) is 11.3 Å². The smallest absolute Gasteiger partial charge is 0.109 e. The number of fused-ring (bicyclic) bond motifs is 1. The number of nitrogens with zero attached hydrogens (tertiary/aromatic N) is 2. The average Bonchev–Trinajstić information content (AvgIpc) is 3.05. The van der Waals surface area contributed by atoms with Crippen LogP contribution in [0.5, 0.6) is 0 Å². The van der Waals surface area contributed by atoms with Crippen LogP contribution in [0.2, 0.25) is 0 Å². The zero-order chi connectivity index (χ0) is 14.9. The summed E-state index contributed by atoms with van der Waals surface area (Å²) in [6.07, 6.45) is 9.26. The molecule has 1 aliphatic carbocycles. The summed E-state index contributed by atoms with van der Waals surface area (Å²) in [7, 11) is 0. The lowest BCUT2D eigenvalue weighted by Gasteiger charge is -2.30. The zero-order valence-electron chi connectivity index (χ0n) is 14.0. The largest absolute Gasteiger partial charge is 0.331 e. The topological polar surface area (TPSA) is 29.9 Å². The lowest BCUT2D eigenvalue weighted by Crippen LogP contribution is -2.29. The predicted molar refractivity (Wildman–Crippen MR) is 87.4 cm³/mol. The van der Waals surface area contributed by atoms with Gasteiger partial charge in [-0.25, -0.2) is 4.98 Å². The molecule has 3 nitrogen and oxygen atoms in total. The van der Waals surface area contributed by atoms with E-state index >= 15 is 0 Å². The van der Waals surface area contributed by atoms with Crippen LogP contribution in [0.3, 0.4) is 0 Å². The lowest BCUT2D eigenvalue weighted by molar-refractivity contribution is 0.230. The normalized spacial score (nSPS) is 21.0. The molecule has 0 amide bonds. The minimum atomic E-state index is 0.547. The van der Waals surface area contributed by atoms with E-state index in [9.17, 15) is 0 Å². The molecular formula is C18H31N3. The van der Waals surface area contributed by atoms with Gasteiger partial charge in [0.2, 0.25) is 0 Å². The van der Waals surface area contributed by atoms with E-state index < -0.39 is 0 Å². The van der Waals surface area contributed by atoms with E-state index in [0.29, 0.717) is 11.3 Å². The van der Waals surface area contributed by atoms with Gasteiger partial charge in [-0.2, -0.15) is 0 Å². The van der Waals surface area contributed by atoms with Crippen molar-refractivity contribution in [3.63, 3.8) is 0 Å². The number of hydrogen-bond acceptors (Lipinski definition) is 2. The molecule has 1 saturated carbocycles. The number of rotatable bonds is 5. The molecule has 2 aliphatic rings. The SMILES string of the molecule is CCC1(Cn2c(CC(C)C)nc3c2CCNC3)CCCC1. The molecule has 1 N–H and O–H groups in total. The van der Waals surface area contributed by atoms with E-state index in [-0.39, 0.29) is 0 Å². The monoisotopic (exact) mass is 289 g/mol. The van der Waals surface area contributed by atoms with E-state index in [1.807, 2.05) is 0 Å². The number of imidazole rings is 1. The highest BCUT2D eigenvalue weighted by Crippen LogP contribution is 2.43. The maximum absolute atomic E-state index is 5.00. The molecule has 0 atom stereocenters. The Bertz CT molecular complexity index is 481. The molecule has 1 fully saturated rings. The molecule has 3 heteroatoms. The third kappa shape index (κ3) is 3.03. The van der Waals surface area contributed by atoms with Crippen molar-refractivity contribution in [1.82, 2.24) is 14.9 Å². The first-order chi connectivity index (χ1) is 10.1. The summed E-state index contributed by atoms with van der Waals surface area (Å²) in [6, 6.07) is 0. The van der Waals surface area contributed by atoms with Crippen LogP contribution in [-0.2, 0) is 25.9 Å². The van der Waals surface area contributed by atoms with Crippen molar-refractivity contribution in [3.05, 3.63) is 17.2 Å². The summed E-state index contributed by atoms with van der Waals surface area (Å²) in [5.41, 5.74) is 3.40. The lowest BCUT2D eigenvalue weighted by atomic mass is 9.83. The van der Waals surface area contributed by atoms with Gasteiger partial charge in [-0.1, -0.05) is 33.6 Å². The Hall–Kier alpha value is -0.830. The van der Waals surface area contributed by atoms with E-state index in [4.69, 9.17) is 4.98 Å². The van der Waals surface area contributed by atoms with Gasteiger partial charge in [-0.05, 0) is 30.6 Å². The van der Waals surface area contributed by atoms with Crippen molar-refractivity contribution >= 4 is 0 Å². The van der Waals surface area contributed by atoms with Crippen LogP contribution >= 0.6 is 0 Å². The highest BCUT2D eigenvalue weighted by atomic mass is 15.1. The van der Waals surface area contributed by atoms with Crippen LogP contribution in [0.4, 0.5) is 0 Å². The Morgan fingerprint density at radius 3 is 2.71 bits per heavy atom. The molecule has 0 bridgehead atoms. The molecule has 1 aliphatic heterocycles. The Labute approximate surface area is 129 Å². The maximum atomic E-state index is 5.00. The van der Waals surface area contributed by atoms with Crippen LogP contribution in [0.25, 0.3) is 0 Å². The Morgan fingerprint density at radius 2 is 2.05 bits per heavy atom.